The van der Waals surface area contributed by atoms with Crippen molar-refractivity contribution in [3.8, 4) is 0 Å². The van der Waals surface area contributed by atoms with Gasteiger partial charge in [-0.05, 0) is 45.6 Å². The van der Waals surface area contributed by atoms with E-state index >= 15 is 0 Å². The van der Waals surface area contributed by atoms with Gasteiger partial charge >= 0.3 is 0 Å². The van der Waals surface area contributed by atoms with Crippen LogP contribution in [0.2, 0.25) is 0 Å². The van der Waals surface area contributed by atoms with Gasteiger partial charge in [0.1, 0.15) is 5.82 Å². The standard InChI is InChI=1S/C18H25N5O/c1-13-11-20-14(2)17(22-13)21-12-15-6-5-7-16(10-15)18(24)19-8-9-23(3)4/h5-7,10-11H,8-9,12H2,1-4H3,(H,19,24)(H,21,22). The van der Waals surface area contributed by atoms with E-state index < -0.39 is 0 Å². The van der Waals surface area contributed by atoms with E-state index in [0.29, 0.717) is 18.7 Å². The van der Waals surface area contributed by atoms with Crippen molar-refractivity contribution in [3.05, 3.63) is 53.0 Å². The lowest BCUT2D eigenvalue weighted by atomic mass is 10.1. The molecule has 128 valence electrons. The van der Waals surface area contributed by atoms with Crippen LogP contribution in [-0.4, -0.2) is 48.0 Å². The normalized spacial score (nSPS) is 10.7. The Labute approximate surface area is 143 Å². The monoisotopic (exact) mass is 327 g/mol. The van der Waals surface area contributed by atoms with E-state index in [9.17, 15) is 4.79 Å². The Morgan fingerprint density at radius 1 is 1.25 bits per heavy atom. The first kappa shape index (κ1) is 17.9. The van der Waals surface area contributed by atoms with Gasteiger partial charge in [-0.25, -0.2) is 4.98 Å². The summed E-state index contributed by atoms with van der Waals surface area (Å²) >= 11 is 0. The first-order chi connectivity index (χ1) is 11.5. The summed E-state index contributed by atoms with van der Waals surface area (Å²) in [5, 5.41) is 6.21. The van der Waals surface area contributed by atoms with Crippen LogP contribution in [0, 0.1) is 13.8 Å². The molecule has 6 heteroatoms. The van der Waals surface area contributed by atoms with Crippen molar-refractivity contribution in [1.29, 1.82) is 0 Å². The smallest absolute Gasteiger partial charge is 0.251 e. The van der Waals surface area contributed by atoms with Crippen LogP contribution in [0.5, 0.6) is 0 Å². The maximum Gasteiger partial charge on any atom is 0.251 e. The molecule has 1 aromatic carbocycles. The summed E-state index contributed by atoms with van der Waals surface area (Å²) in [6, 6.07) is 7.61. The van der Waals surface area contributed by atoms with Crippen molar-refractivity contribution in [2.45, 2.75) is 20.4 Å². The van der Waals surface area contributed by atoms with Crippen LogP contribution in [0.1, 0.15) is 27.3 Å². The highest BCUT2D eigenvalue weighted by Crippen LogP contribution is 2.12. The van der Waals surface area contributed by atoms with Crippen LogP contribution < -0.4 is 10.6 Å². The van der Waals surface area contributed by atoms with Gasteiger partial charge in [-0.1, -0.05) is 12.1 Å². The predicted octanol–water partition coefficient (Wildman–Crippen LogP) is 2.00. The van der Waals surface area contributed by atoms with Gasteiger partial charge in [0.05, 0.1) is 11.4 Å². The minimum Gasteiger partial charge on any atom is -0.364 e. The first-order valence-corrected chi connectivity index (χ1v) is 8.01. The second-order valence-electron chi connectivity index (χ2n) is 6.06. The summed E-state index contributed by atoms with van der Waals surface area (Å²) in [4.78, 5) is 22.9. The third kappa shape index (κ3) is 5.31. The zero-order chi connectivity index (χ0) is 17.5. The summed E-state index contributed by atoms with van der Waals surface area (Å²) in [5.74, 6) is 0.723. The van der Waals surface area contributed by atoms with Crippen LogP contribution in [0.3, 0.4) is 0 Å². The van der Waals surface area contributed by atoms with E-state index in [1.807, 2.05) is 57.1 Å². The minimum atomic E-state index is -0.0507. The molecule has 1 heterocycles. The van der Waals surface area contributed by atoms with Gasteiger partial charge in [0.25, 0.3) is 5.91 Å². The van der Waals surface area contributed by atoms with E-state index in [1.54, 1.807) is 6.20 Å². The van der Waals surface area contributed by atoms with Crippen molar-refractivity contribution in [2.75, 3.05) is 32.5 Å². The Morgan fingerprint density at radius 3 is 2.79 bits per heavy atom. The van der Waals surface area contributed by atoms with Crippen LogP contribution in [0.4, 0.5) is 5.82 Å². The van der Waals surface area contributed by atoms with Gasteiger partial charge in [-0.3, -0.25) is 9.78 Å². The lowest BCUT2D eigenvalue weighted by Gasteiger charge is -2.12. The van der Waals surface area contributed by atoms with E-state index in [0.717, 1.165) is 29.3 Å². The number of carbonyl (C=O) groups excluding carboxylic acids is 1. The maximum absolute atomic E-state index is 12.2. The maximum atomic E-state index is 12.2. The average molecular weight is 327 g/mol. The van der Waals surface area contributed by atoms with Crippen molar-refractivity contribution >= 4 is 11.7 Å². The highest BCUT2D eigenvalue weighted by Gasteiger charge is 2.07. The molecule has 2 aromatic rings. The Morgan fingerprint density at radius 2 is 2.04 bits per heavy atom. The van der Waals surface area contributed by atoms with Crippen LogP contribution in [0.15, 0.2) is 30.5 Å². The molecule has 0 unspecified atom stereocenters. The van der Waals surface area contributed by atoms with Crippen LogP contribution >= 0.6 is 0 Å². The molecular formula is C18H25N5O. The predicted molar refractivity (Wildman–Crippen MR) is 96.2 cm³/mol. The van der Waals surface area contributed by atoms with Crippen molar-refractivity contribution < 1.29 is 4.79 Å². The molecule has 0 saturated heterocycles. The first-order valence-electron chi connectivity index (χ1n) is 8.01. The number of rotatable bonds is 7. The Balaban J connectivity index is 1.97. The lowest BCUT2D eigenvalue weighted by Crippen LogP contribution is -2.31. The molecule has 0 aliphatic heterocycles. The number of likely N-dealkylation sites (N-methyl/N-ethyl adjacent to an activating group) is 1. The number of anilines is 1. The fourth-order valence-corrected chi connectivity index (χ4v) is 2.21. The molecule has 2 N–H and O–H groups in total. The number of hydrogen-bond donors (Lipinski definition) is 2. The van der Waals surface area contributed by atoms with Gasteiger partial charge < -0.3 is 15.5 Å². The van der Waals surface area contributed by atoms with Gasteiger partial charge in [0, 0.05) is 31.4 Å². The summed E-state index contributed by atoms with van der Waals surface area (Å²) in [6.45, 7) is 5.88. The minimum absolute atomic E-state index is 0.0507. The van der Waals surface area contributed by atoms with Crippen LogP contribution in [-0.2, 0) is 6.54 Å². The van der Waals surface area contributed by atoms with Gasteiger partial charge in [0.15, 0.2) is 0 Å². The molecule has 24 heavy (non-hydrogen) atoms. The second-order valence-corrected chi connectivity index (χ2v) is 6.06. The van der Waals surface area contributed by atoms with Crippen molar-refractivity contribution in [2.24, 2.45) is 0 Å². The molecule has 2 rings (SSSR count). The SMILES string of the molecule is Cc1cnc(C)c(NCc2cccc(C(=O)NCCN(C)C)c2)n1. The molecular weight excluding hydrogens is 302 g/mol. The number of nitrogens with zero attached hydrogens (tertiary/aromatic N) is 3. The molecule has 0 spiro atoms. The number of carbonyl (C=O) groups is 1. The fourth-order valence-electron chi connectivity index (χ4n) is 2.21. The number of amides is 1. The van der Waals surface area contributed by atoms with E-state index in [2.05, 4.69) is 20.6 Å². The Bertz CT molecular complexity index is 700. The molecule has 0 radical (unpaired) electrons. The van der Waals surface area contributed by atoms with E-state index in [-0.39, 0.29) is 5.91 Å². The van der Waals surface area contributed by atoms with Gasteiger partial charge in [0.2, 0.25) is 0 Å². The third-order valence-corrected chi connectivity index (χ3v) is 3.57. The largest absolute Gasteiger partial charge is 0.364 e. The van der Waals surface area contributed by atoms with Gasteiger partial charge in [-0.2, -0.15) is 0 Å². The quantitative estimate of drug-likeness (QED) is 0.814. The van der Waals surface area contributed by atoms with Crippen LogP contribution in [0.25, 0.3) is 0 Å². The summed E-state index contributed by atoms with van der Waals surface area (Å²) in [5.41, 5.74) is 3.42. The summed E-state index contributed by atoms with van der Waals surface area (Å²) < 4.78 is 0. The fraction of sp³-hybridized carbons (Fsp3) is 0.389. The molecule has 0 aliphatic carbocycles. The number of aryl methyl sites for hydroxylation is 2. The second kappa shape index (κ2) is 8.40. The summed E-state index contributed by atoms with van der Waals surface area (Å²) in [6.07, 6.45) is 1.75. The lowest BCUT2D eigenvalue weighted by molar-refractivity contribution is 0.0951. The van der Waals surface area contributed by atoms with Crippen molar-refractivity contribution in [1.82, 2.24) is 20.2 Å². The van der Waals surface area contributed by atoms with Gasteiger partial charge in [-0.15, -0.1) is 0 Å². The summed E-state index contributed by atoms with van der Waals surface area (Å²) in [7, 11) is 3.96. The zero-order valence-electron chi connectivity index (χ0n) is 14.8. The van der Waals surface area contributed by atoms with E-state index in [1.165, 1.54) is 0 Å². The zero-order valence-corrected chi connectivity index (χ0v) is 14.8. The number of nitrogens with one attached hydrogen (secondary N) is 2. The van der Waals surface area contributed by atoms with Crippen molar-refractivity contribution in [3.63, 3.8) is 0 Å². The number of hydrogen-bond acceptors (Lipinski definition) is 5. The Kier molecular flexibility index (Phi) is 6.26. The molecule has 0 fully saturated rings. The van der Waals surface area contributed by atoms with E-state index in [4.69, 9.17) is 0 Å². The Hall–Kier alpha value is -2.47. The molecule has 0 atom stereocenters. The number of aromatic nitrogens is 2. The molecule has 6 nitrogen and oxygen atoms in total. The molecule has 1 amide bonds. The molecule has 0 aliphatic rings. The average Bonchev–Trinajstić information content (AvgIpc) is 2.55. The third-order valence-electron chi connectivity index (χ3n) is 3.57. The molecule has 0 saturated carbocycles. The molecule has 1 aromatic heterocycles. The highest BCUT2D eigenvalue weighted by atomic mass is 16.1. The molecule has 0 bridgehead atoms. The topological polar surface area (TPSA) is 70.2 Å². The number of benzene rings is 1. The highest BCUT2D eigenvalue weighted by molar-refractivity contribution is 5.94.